The molecule has 0 saturated heterocycles. The Morgan fingerprint density at radius 2 is 2.18 bits per heavy atom. The number of rotatable bonds is 3. The van der Waals surface area contributed by atoms with Crippen molar-refractivity contribution in [2.45, 2.75) is 6.92 Å². The van der Waals surface area contributed by atoms with Crippen LogP contribution in [0.15, 0.2) is 36.5 Å². The van der Waals surface area contributed by atoms with Crippen LogP contribution in [0.5, 0.6) is 0 Å². The first-order chi connectivity index (χ1) is 10.5. The molecule has 0 fully saturated rings. The zero-order valence-corrected chi connectivity index (χ0v) is 12.3. The minimum Gasteiger partial charge on any atom is -0.298 e. The third-order valence-corrected chi connectivity index (χ3v) is 3.99. The van der Waals surface area contributed by atoms with Gasteiger partial charge in [0.05, 0.1) is 20.7 Å². The Bertz CT molecular complexity index is 891. The lowest BCUT2D eigenvalue weighted by Crippen LogP contribution is -2.13. The van der Waals surface area contributed by atoms with Crippen LogP contribution < -0.4 is 5.32 Å². The summed E-state index contributed by atoms with van der Waals surface area (Å²) in [5, 5.41) is 13.9. The van der Waals surface area contributed by atoms with Gasteiger partial charge in [0.25, 0.3) is 11.6 Å². The van der Waals surface area contributed by atoms with Crippen LogP contribution in [0.4, 0.5) is 10.8 Å². The predicted octanol–water partition coefficient (Wildman–Crippen LogP) is 3.16. The average Bonchev–Trinajstić information content (AvgIpc) is 2.88. The maximum absolute atomic E-state index is 12.2. The SMILES string of the molecule is Cc1ncccc1C(=O)Nc1nc2ccc([N+](=O)[O-])cc2s1. The molecule has 8 heteroatoms. The van der Waals surface area contributed by atoms with E-state index in [1.165, 1.54) is 23.5 Å². The fraction of sp³-hybridized carbons (Fsp3) is 0.0714. The smallest absolute Gasteiger partial charge is 0.270 e. The maximum atomic E-state index is 12.2. The van der Waals surface area contributed by atoms with Crippen molar-refractivity contribution < 1.29 is 9.72 Å². The van der Waals surface area contributed by atoms with Gasteiger partial charge in [0.15, 0.2) is 5.13 Å². The second kappa shape index (κ2) is 5.49. The Balaban J connectivity index is 1.89. The van der Waals surface area contributed by atoms with Gasteiger partial charge in [0.1, 0.15) is 0 Å². The molecule has 1 amide bonds. The summed E-state index contributed by atoms with van der Waals surface area (Å²) in [6.07, 6.45) is 1.61. The van der Waals surface area contributed by atoms with Crippen molar-refractivity contribution in [2.75, 3.05) is 5.32 Å². The minimum atomic E-state index is -0.462. The number of pyridine rings is 1. The summed E-state index contributed by atoms with van der Waals surface area (Å²) in [5.41, 5.74) is 1.69. The van der Waals surface area contributed by atoms with Gasteiger partial charge in [0.2, 0.25) is 0 Å². The molecule has 0 unspecified atom stereocenters. The topological polar surface area (TPSA) is 98.0 Å². The molecule has 0 bridgehead atoms. The third-order valence-electron chi connectivity index (χ3n) is 3.05. The summed E-state index contributed by atoms with van der Waals surface area (Å²) < 4.78 is 0.646. The van der Waals surface area contributed by atoms with E-state index in [2.05, 4.69) is 15.3 Å². The highest BCUT2D eigenvalue weighted by atomic mass is 32.1. The molecule has 22 heavy (non-hydrogen) atoms. The number of thiazole rings is 1. The van der Waals surface area contributed by atoms with Gasteiger partial charge in [-0.3, -0.25) is 25.2 Å². The first-order valence-corrected chi connectivity index (χ1v) is 7.14. The van der Waals surface area contributed by atoms with Crippen LogP contribution in [0.2, 0.25) is 0 Å². The van der Waals surface area contributed by atoms with Crippen LogP contribution in [0.1, 0.15) is 16.1 Å². The predicted molar refractivity (Wildman–Crippen MR) is 83.2 cm³/mol. The van der Waals surface area contributed by atoms with Gasteiger partial charge in [-0.25, -0.2) is 4.98 Å². The molecular formula is C14H10N4O3S. The number of aromatic nitrogens is 2. The van der Waals surface area contributed by atoms with E-state index in [9.17, 15) is 14.9 Å². The Kier molecular flexibility index (Phi) is 3.51. The van der Waals surface area contributed by atoms with Gasteiger partial charge in [-0.1, -0.05) is 11.3 Å². The molecule has 1 aromatic carbocycles. The summed E-state index contributed by atoms with van der Waals surface area (Å²) in [5.74, 6) is -0.306. The molecule has 0 aliphatic heterocycles. The van der Waals surface area contributed by atoms with E-state index in [0.717, 1.165) is 0 Å². The lowest BCUT2D eigenvalue weighted by Gasteiger charge is -2.03. The van der Waals surface area contributed by atoms with E-state index < -0.39 is 4.92 Å². The molecule has 2 aromatic heterocycles. The zero-order valence-electron chi connectivity index (χ0n) is 11.4. The number of benzene rings is 1. The normalized spacial score (nSPS) is 10.6. The number of nitro benzene ring substituents is 1. The summed E-state index contributed by atoms with van der Waals surface area (Å²) in [7, 11) is 0. The quantitative estimate of drug-likeness (QED) is 0.591. The number of carbonyl (C=O) groups is 1. The number of nitro groups is 1. The molecule has 0 spiro atoms. The highest BCUT2D eigenvalue weighted by molar-refractivity contribution is 7.22. The van der Waals surface area contributed by atoms with Crippen LogP contribution in [-0.2, 0) is 0 Å². The number of fused-ring (bicyclic) bond motifs is 1. The zero-order chi connectivity index (χ0) is 15.7. The largest absolute Gasteiger partial charge is 0.298 e. The van der Waals surface area contributed by atoms with Crippen molar-refractivity contribution >= 4 is 38.3 Å². The van der Waals surface area contributed by atoms with E-state index in [1.807, 2.05) is 0 Å². The molecule has 0 atom stereocenters. The summed E-state index contributed by atoms with van der Waals surface area (Å²) in [6, 6.07) is 7.76. The molecular weight excluding hydrogens is 304 g/mol. The van der Waals surface area contributed by atoms with Gasteiger partial charge in [-0.2, -0.15) is 0 Å². The van der Waals surface area contributed by atoms with Crippen LogP contribution in [0, 0.1) is 17.0 Å². The number of non-ortho nitro benzene ring substituents is 1. The van der Waals surface area contributed by atoms with Crippen LogP contribution in [0.25, 0.3) is 10.2 Å². The Morgan fingerprint density at radius 3 is 2.91 bits per heavy atom. The van der Waals surface area contributed by atoms with Gasteiger partial charge in [-0.15, -0.1) is 0 Å². The van der Waals surface area contributed by atoms with Crippen molar-refractivity contribution in [1.29, 1.82) is 0 Å². The summed E-state index contributed by atoms with van der Waals surface area (Å²) in [6.45, 7) is 1.75. The van der Waals surface area contributed by atoms with Crippen LogP contribution in [0.3, 0.4) is 0 Å². The van der Waals surface area contributed by atoms with Crippen LogP contribution >= 0.6 is 11.3 Å². The van der Waals surface area contributed by atoms with E-state index >= 15 is 0 Å². The maximum Gasteiger partial charge on any atom is 0.270 e. The third kappa shape index (κ3) is 2.63. The molecule has 0 radical (unpaired) electrons. The molecule has 3 aromatic rings. The molecule has 0 aliphatic carbocycles. The Morgan fingerprint density at radius 1 is 1.36 bits per heavy atom. The number of nitrogens with zero attached hydrogens (tertiary/aromatic N) is 3. The molecule has 0 aliphatic rings. The number of aryl methyl sites for hydroxylation is 1. The second-order valence-corrected chi connectivity index (χ2v) is 5.55. The fourth-order valence-electron chi connectivity index (χ4n) is 1.97. The van der Waals surface area contributed by atoms with Crippen molar-refractivity contribution in [1.82, 2.24) is 9.97 Å². The minimum absolute atomic E-state index is 0.00266. The number of hydrogen-bond donors (Lipinski definition) is 1. The summed E-state index contributed by atoms with van der Waals surface area (Å²) >= 11 is 1.19. The second-order valence-electron chi connectivity index (χ2n) is 4.52. The first kappa shape index (κ1) is 14.1. The standard InChI is InChI=1S/C14H10N4O3S/c1-8-10(3-2-6-15-8)13(19)17-14-16-11-5-4-9(18(20)21)7-12(11)22-14/h2-7H,1H3,(H,16,17,19). The van der Waals surface area contributed by atoms with E-state index in [-0.39, 0.29) is 11.6 Å². The van der Waals surface area contributed by atoms with Crippen LogP contribution in [-0.4, -0.2) is 20.8 Å². The molecule has 110 valence electrons. The van der Waals surface area contributed by atoms with E-state index in [1.54, 1.807) is 31.3 Å². The lowest BCUT2D eigenvalue weighted by atomic mass is 10.2. The van der Waals surface area contributed by atoms with Gasteiger partial charge < -0.3 is 0 Å². The number of carbonyl (C=O) groups excluding carboxylic acids is 1. The summed E-state index contributed by atoms with van der Waals surface area (Å²) in [4.78, 5) is 30.8. The van der Waals surface area contributed by atoms with Crippen molar-refractivity contribution in [3.05, 3.63) is 57.9 Å². The average molecular weight is 314 g/mol. The first-order valence-electron chi connectivity index (χ1n) is 6.32. The van der Waals surface area contributed by atoms with E-state index in [4.69, 9.17) is 0 Å². The van der Waals surface area contributed by atoms with E-state index in [0.29, 0.717) is 26.6 Å². The molecule has 3 rings (SSSR count). The van der Waals surface area contributed by atoms with Gasteiger partial charge in [-0.05, 0) is 25.1 Å². The Hall–Kier alpha value is -2.87. The highest BCUT2D eigenvalue weighted by Gasteiger charge is 2.14. The molecule has 0 saturated carbocycles. The monoisotopic (exact) mass is 314 g/mol. The van der Waals surface area contributed by atoms with Gasteiger partial charge >= 0.3 is 0 Å². The number of amides is 1. The van der Waals surface area contributed by atoms with Gasteiger partial charge in [0, 0.05) is 24.0 Å². The number of nitrogens with one attached hydrogen (secondary N) is 1. The molecule has 1 N–H and O–H groups in total. The lowest BCUT2D eigenvalue weighted by molar-refractivity contribution is -0.384. The molecule has 7 nitrogen and oxygen atoms in total. The Labute approximate surface area is 128 Å². The number of hydrogen-bond acceptors (Lipinski definition) is 6. The fourth-order valence-corrected chi connectivity index (χ4v) is 2.86. The highest BCUT2D eigenvalue weighted by Crippen LogP contribution is 2.29. The van der Waals surface area contributed by atoms with Crippen molar-refractivity contribution in [3.8, 4) is 0 Å². The number of anilines is 1. The van der Waals surface area contributed by atoms with Crippen molar-refractivity contribution in [2.24, 2.45) is 0 Å². The van der Waals surface area contributed by atoms with Crippen molar-refractivity contribution in [3.63, 3.8) is 0 Å². The molecule has 2 heterocycles.